The lowest BCUT2D eigenvalue weighted by atomic mass is 9.44. The van der Waals surface area contributed by atoms with Crippen molar-refractivity contribution in [2.75, 3.05) is 13.7 Å². The molecule has 5 heteroatoms. The second-order valence-corrected chi connectivity index (χ2v) is 11.6. The zero-order valence-electron chi connectivity index (χ0n) is 21.7. The minimum atomic E-state index is -0.938. The zero-order valence-corrected chi connectivity index (χ0v) is 21.7. The van der Waals surface area contributed by atoms with Crippen LogP contribution >= 0.6 is 0 Å². The van der Waals surface area contributed by atoms with Gasteiger partial charge in [0.15, 0.2) is 11.5 Å². The maximum absolute atomic E-state index is 11.7. The molecule has 1 aromatic carbocycles. The number of methoxy groups -OCH3 is 1. The summed E-state index contributed by atoms with van der Waals surface area (Å²) in [5.41, 5.74) is 2.06. The molecule has 3 aliphatic carbocycles. The van der Waals surface area contributed by atoms with Crippen LogP contribution in [0.4, 0.5) is 0 Å². The van der Waals surface area contributed by atoms with Crippen molar-refractivity contribution in [2.24, 2.45) is 28.2 Å². The van der Waals surface area contributed by atoms with Crippen molar-refractivity contribution >= 4 is 5.71 Å². The molecule has 0 saturated heterocycles. The van der Waals surface area contributed by atoms with E-state index in [4.69, 9.17) is 14.5 Å². The van der Waals surface area contributed by atoms with E-state index < -0.39 is 5.60 Å². The molecule has 4 unspecified atom stereocenters. The van der Waals surface area contributed by atoms with Gasteiger partial charge in [0.25, 0.3) is 0 Å². The predicted octanol–water partition coefficient (Wildman–Crippen LogP) is 5.43. The number of phenolic OH excluding ortho intramolecular Hbond substituents is 1. The summed E-state index contributed by atoms with van der Waals surface area (Å²) in [7, 11) is 1.73. The SMILES string of the molecule is CC.COC1C(C(C)(O)C(C)(C)C)CC2C(=NCC3CC3)C[C@@]23c2c(C)ccc(O)c2O[C@@H]13. The summed E-state index contributed by atoms with van der Waals surface area (Å²) >= 11 is 0. The van der Waals surface area contributed by atoms with Crippen molar-refractivity contribution in [1.82, 2.24) is 0 Å². The van der Waals surface area contributed by atoms with Crippen LogP contribution in [0.25, 0.3) is 0 Å². The van der Waals surface area contributed by atoms with E-state index in [1.165, 1.54) is 18.6 Å². The van der Waals surface area contributed by atoms with Gasteiger partial charge < -0.3 is 19.7 Å². The third kappa shape index (κ3) is 3.53. The van der Waals surface area contributed by atoms with E-state index in [0.29, 0.717) is 5.75 Å². The Labute approximate surface area is 199 Å². The smallest absolute Gasteiger partial charge is 0.165 e. The molecule has 5 rings (SSSR count). The van der Waals surface area contributed by atoms with Crippen molar-refractivity contribution in [3.05, 3.63) is 23.3 Å². The quantitative estimate of drug-likeness (QED) is 0.633. The largest absolute Gasteiger partial charge is 0.504 e. The van der Waals surface area contributed by atoms with Crippen molar-refractivity contribution in [1.29, 1.82) is 0 Å². The van der Waals surface area contributed by atoms with Gasteiger partial charge in [-0.05, 0) is 62.5 Å². The highest BCUT2D eigenvalue weighted by atomic mass is 16.5. The molecule has 1 spiro atoms. The highest BCUT2D eigenvalue weighted by Gasteiger charge is 2.71. The zero-order chi connectivity index (χ0) is 24.3. The fraction of sp³-hybridized carbons (Fsp3) is 0.750. The minimum absolute atomic E-state index is 0.0937. The van der Waals surface area contributed by atoms with Gasteiger partial charge in [-0.1, -0.05) is 40.7 Å². The van der Waals surface area contributed by atoms with E-state index in [0.717, 1.165) is 36.4 Å². The standard InChI is InChI=1S/C26H37NO4.C2H6/c1-14-7-10-19(28)22-20(14)26-12-18(27-13-15-8-9-15)16(26)11-17(21(30-6)23(26)31-22)25(5,29)24(2,3)4;1-2/h7,10,15-17,21,23,28-29H,8-9,11-13H2,1-6H3;1-2H3/t16?,17?,21?,23-,25?,26-;/m0./s1. The topological polar surface area (TPSA) is 71.3 Å². The number of aromatic hydroxyl groups is 1. The number of hydrogen-bond donors (Lipinski definition) is 2. The number of aryl methyl sites for hydroxylation is 1. The summed E-state index contributed by atoms with van der Waals surface area (Å²) in [5, 5.41) is 22.4. The number of nitrogens with zero attached hydrogens (tertiary/aromatic N) is 1. The van der Waals surface area contributed by atoms with E-state index in [9.17, 15) is 10.2 Å². The third-order valence-electron chi connectivity index (χ3n) is 9.01. The lowest BCUT2D eigenvalue weighted by Gasteiger charge is -2.61. The average Bonchev–Trinajstić information content (AvgIpc) is 3.50. The van der Waals surface area contributed by atoms with Crippen LogP contribution in [0, 0.1) is 30.1 Å². The van der Waals surface area contributed by atoms with Crippen LogP contribution in [0.1, 0.15) is 78.4 Å². The van der Waals surface area contributed by atoms with Crippen LogP contribution < -0.4 is 4.74 Å². The molecule has 0 bridgehead atoms. The Morgan fingerprint density at radius 2 is 1.85 bits per heavy atom. The van der Waals surface area contributed by atoms with E-state index in [-0.39, 0.29) is 40.6 Å². The first-order valence-corrected chi connectivity index (χ1v) is 12.8. The number of aliphatic imine (C=N–C) groups is 1. The van der Waals surface area contributed by atoms with E-state index >= 15 is 0 Å². The summed E-state index contributed by atoms with van der Waals surface area (Å²) < 4.78 is 12.6. The molecule has 3 saturated carbocycles. The van der Waals surface area contributed by atoms with Crippen LogP contribution in [-0.4, -0.2) is 47.4 Å². The first-order chi connectivity index (χ1) is 15.5. The number of hydrogen-bond acceptors (Lipinski definition) is 5. The molecule has 5 nitrogen and oxygen atoms in total. The van der Waals surface area contributed by atoms with Gasteiger partial charge in [0.05, 0.1) is 11.0 Å². The predicted molar refractivity (Wildman–Crippen MR) is 132 cm³/mol. The van der Waals surface area contributed by atoms with Crippen molar-refractivity contribution in [2.45, 2.75) is 97.4 Å². The number of fused-ring (bicyclic) bond motifs is 1. The van der Waals surface area contributed by atoms with Crippen LogP contribution in [-0.2, 0) is 10.2 Å². The fourth-order valence-electron chi connectivity index (χ4n) is 6.43. The normalized spacial score (nSPS) is 35.2. The monoisotopic (exact) mass is 457 g/mol. The Balaban J connectivity index is 0.00000126. The summed E-state index contributed by atoms with van der Waals surface area (Å²) in [5.74, 6) is 1.67. The second-order valence-electron chi connectivity index (χ2n) is 11.6. The number of benzene rings is 1. The van der Waals surface area contributed by atoms with Crippen molar-refractivity contribution in [3.63, 3.8) is 0 Å². The second kappa shape index (κ2) is 8.27. The number of phenols is 1. The molecule has 184 valence electrons. The van der Waals surface area contributed by atoms with Gasteiger partial charge in [0, 0.05) is 36.8 Å². The van der Waals surface area contributed by atoms with Crippen molar-refractivity contribution in [3.8, 4) is 11.5 Å². The van der Waals surface area contributed by atoms with Crippen molar-refractivity contribution < 1.29 is 19.7 Å². The maximum atomic E-state index is 11.7. The lowest BCUT2D eigenvalue weighted by molar-refractivity contribution is -0.189. The average molecular weight is 458 g/mol. The van der Waals surface area contributed by atoms with Crippen LogP contribution in [0.5, 0.6) is 11.5 Å². The Bertz CT molecular complexity index is 927. The van der Waals surface area contributed by atoms with Gasteiger partial charge in [-0.15, -0.1) is 0 Å². The first kappa shape index (κ1) is 24.5. The molecule has 1 aliphatic heterocycles. The molecule has 1 heterocycles. The van der Waals surface area contributed by atoms with Gasteiger partial charge >= 0.3 is 0 Å². The van der Waals surface area contributed by atoms with Gasteiger partial charge in [-0.25, -0.2) is 0 Å². The molecule has 0 amide bonds. The number of rotatable bonds is 4. The molecule has 0 aromatic heterocycles. The number of ether oxygens (including phenoxy) is 2. The molecule has 3 fully saturated rings. The minimum Gasteiger partial charge on any atom is -0.504 e. The third-order valence-corrected chi connectivity index (χ3v) is 9.01. The van der Waals surface area contributed by atoms with Crippen LogP contribution in [0.2, 0.25) is 0 Å². The Hall–Kier alpha value is -1.59. The Morgan fingerprint density at radius 3 is 2.42 bits per heavy atom. The molecule has 33 heavy (non-hydrogen) atoms. The molecular formula is C28H43NO4. The Morgan fingerprint density at radius 1 is 1.18 bits per heavy atom. The lowest BCUT2D eigenvalue weighted by Crippen LogP contribution is -2.70. The first-order valence-electron chi connectivity index (χ1n) is 12.8. The highest BCUT2D eigenvalue weighted by molar-refractivity contribution is 5.98. The Kier molecular flexibility index (Phi) is 6.14. The molecule has 6 atom stereocenters. The van der Waals surface area contributed by atoms with E-state index in [1.807, 2.05) is 26.8 Å². The molecule has 0 radical (unpaired) electrons. The summed E-state index contributed by atoms with van der Waals surface area (Å²) in [6, 6.07) is 3.72. The molecule has 4 aliphatic rings. The summed E-state index contributed by atoms with van der Waals surface area (Å²) in [4.78, 5) is 5.06. The van der Waals surface area contributed by atoms with Gasteiger partial charge in [-0.3, -0.25) is 4.99 Å². The van der Waals surface area contributed by atoms with Gasteiger partial charge in [-0.2, -0.15) is 0 Å². The maximum Gasteiger partial charge on any atom is 0.165 e. The van der Waals surface area contributed by atoms with Gasteiger partial charge in [0.1, 0.15) is 12.2 Å². The molecule has 2 N–H and O–H groups in total. The highest BCUT2D eigenvalue weighted by Crippen LogP contribution is 2.66. The molecule has 1 aromatic rings. The summed E-state index contributed by atoms with van der Waals surface area (Å²) in [6.45, 7) is 15.2. The summed E-state index contributed by atoms with van der Waals surface area (Å²) in [6.07, 6.45) is 3.76. The fourth-order valence-corrected chi connectivity index (χ4v) is 6.43. The van der Waals surface area contributed by atoms with E-state index in [2.05, 4.69) is 27.7 Å². The number of aliphatic hydroxyl groups is 1. The van der Waals surface area contributed by atoms with Crippen LogP contribution in [0.3, 0.4) is 0 Å². The van der Waals surface area contributed by atoms with Gasteiger partial charge in [0.2, 0.25) is 0 Å². The van der Waals surface area contributed by atoms with Crippen LogP contribution in [0.15, 0.2) is 17.1 Å². The molecular weight excluding hydrogens is 414 g/mol. The van der Waals surface area contributed by atoms with E-state index in [1.54, 1.807) is 13.2 Å².